The maximum Gasteiger partial charge on any atom is 0.255 e. The summed E-state index contributed by atoms with van der Waals surface area (Å²) in [5.41, 5.74) is 2.72. The molecule has 1 aromatic carbocycles. The van der Waals surface area contributed by atoms with Crippen LogP contribution in [0, 0.1) is 12.8 Å². The number of nitrogens with one attached hydrogen (secondary N) is 1. The molecule has 1 unspecified atom stereocenters. The first kappa shape index (κ1) is 13.9. The lowest BCUT2D eigenvalue weighted by Gasteiger charge is -2.19. The number of carbonyl (C=O) groups is 1. The molecule has 0 saturated carbocycles. The molecule has 19 heavy (non-hydrogen) atoms. The van der Waals surface area contributed by atoms with E-state index in [-0.39, 0.29) is 18.4 Å². The van der Waals surface area contributed by atoms with Gasteiger partial charge in [-0.1, -0.05) is 11.6 Å². The Labute approximate surface area is 114 Å². The zero-order valence-corrected chi connectivity index (χ0v) is 11.6. The largest absolute Gasteiger partial charge is 0.396 e. The van der Waals surface area contributed by atoms with Crippen LogP contribution in [0.4, 0.5) is 5.69 Å². The Morgan fingerprint density at radius 2 is 2.32 bits per heavy atom. The highest BCUT2D eigenvalue weighted by atomic mass is 16.3. The van der Waals surface area contributed by atoms with Crippen molar-refractivity contribution in [2.75, 3.05) is 31.6 Å². The number of aliphatic hydroxyl groups excluding tert-OH is 1. The molecule has 0 bridgehead atoms. The Morgan fingerprint density at radius 3 is 2.95 bits per heavy atom. The minimum Gasteiger partial charge on any atom is -0.396 e. The summed E-state index contributed by atoms with van der Waals surface area (Å²) in [6, 6.07) is 5.91. The number of aryl methyl sites for hydroxylation is 1. The molecule has 2 N–H and O–H groups in total. The third kappa shape index (κ3) is 3.07. The number of nitrogens with zero attached hydrogens (tertiary/aromatic N) is 1. The molecule has 1 aromatic rings. The summed E-state index contributed by atoms with van der Waals surface area (Å²) in [7, 11) is 0. The van der Waals surface area contributed by atoms with Crippen LogP contribution in [0.2, 0.25) is 0 Å². The van der Waals surface area contributed by atoms with Crippen LogP contribution in [-0.4, -0.2) is 42.2 Å². The minimum atomic E-state index is 0.0654. The van der Waals surface area contributed by atoms with E-state index in [0.29, 0.717) is 6.54 Å². The van der Waals surface area contributed by atoms with Crippen LogP contribution < -0.4 is 5.32 Å². The number of anilines is 1. The lowest BCUT2D eigenvalue weighted by molar-refractivity contribution is 0.0782. The average molecular weight is 262 g/mol. The fourth-order valence-corrected chi connectivity index (χ4v) is 2.52. The lowest BCUT2D eigenvalue weighted by Crippen LogP contribution is -2.29. The van der Waals surface area contributed by atoms with E-state index in [0.717, 1.165) is 36.3 Å². The van der Waals surface area contributed by atoms with Crippen LogP contribution in [0.25, 0.3) is 0 Å². The lowest BCUT2D eigenvalue weighted by atomic mass is 10.1. The molecule has 1 heterocycles. The van der Waals surface area contributed by atoms with Gasteiger partial charge in [-0.3, -0.25) is 4.79 Å². The monoisotopic (exact) mass is 262 g/mol. The summed E-state index contributed by atoms with van der Waals surface area (Å²) < 4.78 is 0. The molecule has 0 aromatic heterocycles. The molecule has 0 radical (unpaired) electrons. The van der Waals surface area contributed by atoms with Gasteiger partial charge in [-0.25, -0.2) is 0 Å². The summed E-state index contributed by atoms with van der Waals surface area (Å²) in [6.07, 6.45) is 0.893. The Balaban J connectivity index is 2.20. The Hall–Kier alpha value is -1.55. The molecule has 1 aliphatic rings. The number of benzene rings is 1. The summed E-state index contributed by atoms with van der Waals surface area (Å²) in [5, 5.41) is 12.4. The Kier molecular flexibility index (Phi) is 4.43. The van der Waals surface area contributed by atoms with Crippen LogP contribution in [0.3, 0.4) is 0 Å². The highest BCUT2D eigenvalue weighted by Gasteiger charge is 2.27. The van der Waals surface area contributed by atoms with Gasteiger partial charge in [0, 0.05) is 37.8 Å². The van der Waals surface area contributed by atoms with Crippen molar-refractivity contribution in [1.29, 1.82) is 0 Å². The second kappa shape index (κ2) is 6.06. The molecule has 1 amide bonds. The van der Waals surface area contributed by atoms with E-state index in [1.54, 1.807) is 0 Å². The topological polar surface area (TPSA) is 52.6 Å². The van der Waals surface area contributed by atoms with E-state index in [9.17, 15) is 4.79 Å². The molecule has 0 aliphatic carbocycles. The fourth-order valence-electron chi connectivity index (χ4n) is 2.52. The number of hydrogen-bond donors (Lipinski definition) is 2. The van der Waals surface area contributed by atoms with Gasteiger partial charge in [0.05, 0.1) is 5.56 Å². The van der Waals surface area contributed by atoms with E-state index < -0.39 is 0 Å². The highest BCUT2D eigenvalue weighted by Crippen LogP contribution is 2.23. The first-order valence-corrected chi connectivity index (χ1v) is 6.90. The number of rotatable bonds is 4. The van der Waals surface area contributed by atoms with Gasteiger partial charge in [0.25, 0.3) is 5.91 Å². The molecular weight excluding hydrogens is 240 g/mol. The number of aliphatic hydroxyl groups is 1. The number of hydrogen-bond acceptors (Lipinski definition) is 3. The molecule has 0 spiro atoms. The maximum absolute atomic E-state index is 12.6. The van der Waals surface area contributed by atoms with Crippen LogP contribution in [-0.2, 0) is 0 Å². The van der Waals surface area contributed by atoms with Crippen molar-refractivity contribution in [3.8, 4) is 0 Å². The van der Waals surface area contributed by atoms with Crippen molar-refractivity contribution in [3.63, 3.8) is 0 Å². The van der Waals surface area contributed by atoms with Crippen molar-refractivity contribution >= 4 is 11.6 Å². The number of likely N-dealkylation sites (tertiary alicyclic amines) is 1. The maximum atomic E-state index is 12.6. The summed E-state index contributed by atoms with van der Waals surface area (Å²) in [5.74, 6) is 0.298. The van der Waals surface area contributed by atoms with Gasteiger partial charge in [0.2, 0.25) is 0 Å². The fraction of sp³-hybridized carbons (Fsp3) is 0.533. The van der Waals surface area contributed by atoms with Crippen LogP contribution in [0.5, 0.6) is 0 Å². The molecule has 2 rings (SSSR count). The molecule has 1 saturated heterocycles. The number of amides is 1. The van der Waals surface area contributed by atoms with Gasteiger partial charge >= 0.3 is 0 Å². The molecule has 104 valence electrons. The Morgan fingerprint density at radius 1 is 1.53 bits per heavy atom. The van der Waals surface area contributed by atoms with E-state index >= 15 is 0 Å². The van der Waals surface area contributed by atoms with Gasteiger partial charge in [0.1, 0.15) is 0 Å². The molecular formula is C15H22N2O2. The second-order valence-electron chi connectivity index (χ2n) is 5.17. The van der Waals surface area contributed by atoms with E-state index in [1.807, 2.05) is 36.9 Å². The van der Waals surface area contributed by atoms with Crippen molar-refractivity contribution in [3.05, 3.63) is 29.3 Å². The van der Waals surface area contributed by atoms with Crippen molar-refractivity contribution in [2.45, 2.75) is 20.3 Å². The zero-order chi connectivity index (χ0) is 13.8. The van der Waals surface area contributed by atoms with Gasteiger partial charge in [0.15, 0.2) is 0 Å². The van der Waals surface area contributed by atoms with Crippen LogP contribution >= 0.6 is 0 Å². The molecule has 1 aliphatic heterocycles. The van der Waals surface area contributed by atoms with Crippen LogP contribution in [0.15, 0.2) is 18.2 Å². The third-order valence-electron chi connectivity index (χ3n) is 3.60. The molecule has 1 atom stereocenters. The van der Waals surface area contributed by atoms with Crippen LogP contribution in [0.1, 0.15) is 29.3 Å². The molecule has 1 fully saturated rings. The zero-order valence-electron chi connectivity index (χ0n) is 11.6. The first-order valence-electron chi connectivity index (χ1n) is 6.90. The van der Waals surface area contributed by atoms with Gasteiger partial charge < -0.3 is 15.3 Å². The van der Waals surface area contributed by atoms with E-state index in [4.69, 9.17) is 5.11 Å². The second-order valence-corrected chi connectivity index (χ2v) is 5.17. The highest BCUT2D eigenvalue weighted by molar-refractivity contribution is 6.00. The SMILES string of the molecule is CCNc1ccc(C)cc1C(=O)N1CCC(CO)C1. The smallest absolute Gasteiger partial charge is 0.255 e. The van der Waals surface area contributed by atoms with Gasteiger partial charge in [-0.05, 0) is 32.4 Å². The normalized spacial score (nSPS) is 18.7. The summed E-state index contributed by atoms with van der Waals surface area (Å²) in [4.78, 5) is 14.4. The minimum absolute atomic E-state index is 0.0654. The predicted molar refractivity (Wildman–Crippen MR) is 76.4 cm³/mol. The molecule has 4 nitrogen and oxygen atoms in total. The van der Waals surface area contributed by atoms with Crippen molar-refractivity contribution < 1.29 is 9.90 Å². The van der Waals surface area contributed by atoms with Crippen molar-refractivity contribution in [1.82, 2.24) is 4.90 Å². The first-order chi connectivity index (χ1) is 9.15. The Bertz CT molecular complexity index is 459. The standard InChI is InChI=1S/C15H22N2O2/c1-3-16-14-5-4-11(2)8-13(14)15(19)17-7-6-12(9-17)10-18/h4-5,8,12,16,18H,3,6-7,9-10H2,1-2H3. The van der Waals surface area contributed by atoms with Gasteiger partial charge in [-0.2, -0.15) is 0 Å². The average Bonchev–Trinajstić information content (AvgIpc) is 2.89. The van der Waals surface area contributed by atoms with Gasteiger partial charge in [-0.15, -0.1) is 0 Å². The van der Waals surface area contributed by atoms with Crippen molar-refractivity contribution in [2.24, 2.45) is 5.92 Å². The third-order valence-corrected chi connectivity index (χ3v) is 3.60. The molecule has 4 heteroatoms. The number of carbonyl (C=O) groups excluding carboxylic acids is 1. The predicted octanol–water partition coefficient (Wildman–Crippen LogP) is 1.88. The van der Waals surface area contributed by atoms with E-state index in [1.165, 1.54) is 0 Å². The summed E-state index contributed by atoms with van der Waals surface area (Å²) in [6.45, 7) is 6.37. The van der Waals surface area contributed by atoms with E-state index in [2.05, 4.69) is 5.32 Å². The quantitative estimate of drug-likeness (QED) is 0.871. The summed E-state index contributed by atoms with van der Waals surface area (Å²) >= 11 is 0.